The van der Waals surface area contributed by atoms with Gasteiger partial charge in [-0.1, -0.05) is 12.1 Å². The summed E-state index contributed by atoms with van der Waals surface area (Å²) in [5, 5.41) is 13.8. The fourth-order valence-corrected chi connectivity index (χ4v) is 4.58. The molecule has 2 atom stereocenters. The molecule has 2 unspecified atom stereocenters. The Morgan fingerprint density at radius 3 is 2.85 bits per heavy atom. The van der Waals surface area contributed by atoms with Crippen molar-refractivity contribution < 1.29 is 19.0 Å². The van der Waals surface area contributed by atoms with E-state index in [-0.39, 0.29) is 12.2 Å². The molecule has 2 aromatic carbocycles. The molecule has 0 saturated heterocycles. The standard InChI is InChI=1S/C24H28FN5O3/c1-14-5-4-6-18(21(14)25)29-22-17-9-15(20(33-3)10-19(17)27-13-28-22)12-30(2)24(23(26)32)8-7-16(31)11-24/h4-6,9-10,13,16,31H,7-8,11-12H2,1-3H3,(H2,26,32)(H,27,28,29). The topological polar surface area (TPSA) is 114 Å². The van der Waals surface area contributed by atoms with Crippen molar-refractivity contribution in [3.05, 3.63) is 53.6 Å². The number of rotatable bonds is 7. The van der Waals surface area contributed by atoms with Gasteiger partial charge < -0.3 is 20.9 Å². The number of nitrogens with zero attached hydrogens (tertiary/aromatic N) is 3. The molecular weight excluding hydrogens is 425 g/mol. The van der Waals surface area contributed by atoms with Crippen LogP contribution >= 0.6 is 0 Å². The lowest BCUT2D eigenvalue weighted by Gasteiger charge is -2.36. The van der Waals surface area contributed by atoms with Gasteiger partial charge in [-0.2, -0.15) is 0 Å². The number of nitrogens with two attached hydrogens (primary N) is 1. The van der Waals surface area contributed by atoms with Crippen LogP contribution in [0.4, 0.5) is 15.9 Å². The molecule has 174 valence electrons. The van der Waals surface area contributed by atoms with E-state index < -0.39 is 17.6 Å². The molecule has 0 bridgehead atoms. The number of nitrogens with one attached hydrogen (secondary N) is 1. The molecule has 3 aromatic rings. The van der Waals surface area contributed by atoms with Crippen molar-refractivity contribution in [2.24, 2.45) is 5.73 Å². The first kappa shape index (κ1) is 22.9. The van der Waals surface area contributed by atoms with Gasteiger partial charge in [0.25, 0.3) is 0 Å². The molecule has 0 radical (unpaired) electrons. The highest BCUT2D eigenvalue weighted by Gasteiger charge is 2.46. The van der Waals surface area contributed by atoms with E-state index in [9.17, 15) is 14.3 Å². The Labute approximate surface area is 191 Å². The Balaban J connectivity index is 1.73. The second-order valence-corrected chi connectivity index (χ2v) is 8.61. The minimum absolute atomic E-state index is 0.289. The van der Waals surface area contributed by atoms with Crippen molar-refractivity contribution in [2.45, 2.75) is 44.4 Å². The van der Waals surface area contributed by atoms with Gasteiger partial charge in [0, 0.05) is 30.0 Å². The second kappa shape index (κ2) is 8.92. The summed E-state index contributed by atoms with van der Waals surface area (Å²) in [5.41, 5.74) is 7.09. The van der Waals surface area contributed by atoms with Crippen LogP contribution in [-0.4, -0.2) is 51.7 Å². The van der Waals surface area contributed by atoms with Crippen molar-refractivity contribution in [3.8, 4) is 5.75 Å². The Hall–Kier alpha value is -3.30. The number of carbonyl (C=O) groups excluding carboxylic acids is 1. The largest absolute Gasteiger partial charge is 0.496 e. The summed E-state index contributed by atoms with van der Waals surface area (Å²) in [6, 6.07) is 8.79. The number of hydrogen-bond donors (Lipinski definition) is 3. The molecule has 1 aliphatic carbocycles. The molecule has 1 aliphatic rings. The Morgan fingerprint density at radius 1 is 1.39 bits per heavy atom. The molecule has 9 heteroatoms. The van der Waals surface area contributed by atoms with Crippen molar-refractivity contribution in [2.75, 3.05) is 19.5 Å². The van der Waals surface area contributed by atoms with Crippen LogP contribution in [0.3, 0.4) is 0 Å². The minimum Gasteiger partial charge on any atom is -0.496 e. The Morgan fingerprint density at radius 2 is 2.18 bits per heavy atom. The minimum atomic E-state index is -0.932. The third-order valence-corrected chi connectivity index (χ3v) is 6.54. The van der Waals surface area contributed by atoms with Crippen molar-refractivity contribution in [1.29, 1.82) is 0 Å². The smallest absolute Gasteiger partial charge is 0.238 e. The lowest BCUT2D eigenvalue weighted by Crippen LogP contribution is -2.54. The van der Waals surface area contributed by atoms with Crippen LogP contribution in [0.5, 0.6) is 5.75 Å². The van der Waals surface area contributed by atoms with E-state index >= 15 is 0 Å². The highest BCUT2D eigenvalue weighted by molar-refractivity contribution is 5.92. The first-order chi connectivity index (χ1) is 15.7. The molecule has 8 nitrogen and oxygen atoms in total. The van der Waals surface area contributed by atoms with Crippen LogP contribution in [0, 0.1) is 12.7 Å². The molecule has 1 saturated carbocycles. The van der Waals surface area contributed by atoms with Gasteiger partial charge in [0.05, 0.1) is 24.4 Å². The molecule has 4 N–H and O–H groups in total. The summed E-state index contributed by atoms with van der Waals surface area (Å²) < 4.78 is 20.2. The van der Waals surface area contributed by atoms with Crippen LogP contribution in [-0.2, 0) is 11.3 Å². The molecule has 0 aliphatic heterocycles. The van der Waals surface area contributed by atoms with Gasteiger partial charge in [-0.3, -0.25) is 9.69 Å². The Kier molecular flexibility index (Phi) is 6.18. The number of aliphatic hydroxyl groups is 1. The van der Waals surface area contributed by atoms with Crippen molar-refractivity contribution >= 4 is 28.3 Å². The van der Waals surface area contributed by atoms with E-state index in [0.717, 1.165) is 5.56 Å². The van der Waals surface area contributed by atoms with Crippen molar-refractivity contribution in [3.63, 3.8) is 0 Å². The number of amides is 1. The molecule has 0 spiro atoms. The predicted molar refractivity (Wildman–Crippen MR) is 124 cm³/mol. The number of carbonyl (C=O) groups is 1. The number of aryl methyl sites for hydroxylation is 1. The van der Waals surface area contributed by atoms with E-state index in [1.165, 1.54) is 6.33 Å². The second-order valence-electron chi connectivity index (χ2n) is 8.61. The average Bonchev–Trinajstić information content (AvgIpc) is 3.20. The highest BCUT2D eigenvalue weighted by atomic mass is 19.1. The molecule has 1 amide bonds. The predicted octanol–water partition coefficient (Wildman–Crippen LogP) is 3.03. The van der Waals surface area contributed by atoms with Crippen molar-refractivity contribution in [1.82, 2.24) is 14.9 Å². The van der Waals surface area contributed by atoms with E-state index in [1.807, 2.05) is 18.0 Å². The maximum Gasteiger partial charge on any atom is 0.238 e. The first-order valence-electron chi connectivity index (χ1n) is 10.8. The van der Waals surface area contributed by atoms with E-state index in [2.05, 4.69) is 15.3 Å². The number of aromatic nitrogens is 2. The molecule has 1 fully saturated rings. The quantitative estimate of drug-likeness (QED) is 0.504. The monoisotopic (exact) mass is 453 g/mol. The lowest BCUT2D eigenvalue weighted by atomic mass is 9.93. The van der Waals surface area contributed by atoms with E-state index in [4.69, 9.17) is 10.5 Å². The number of likely N-dealkylation sites (N-methyl/N-ethyl adjacent to an activating group) is 1. The van der Waals surface area contributed by atoms with E-state index in [1.54, 1.807) is 38.3 Å². The fraction of sp³-hybridized carbons (Fsp3) is 0.375. The lowest BCUT2D eigenvalue weighted by molar-refractivity contribution is -0.130. The molecular formula is C24H28FN5O3. The van der Waals surface area contributed by atoms with Crippen LogP contribution in [0.1, 0.15) is 30.4 Å². The molecule has 1 aromatic heterocycles. The number of benzene rings is 2. The third kappa shape index (κ3) is 4.21. The summed E-state index contributed by atoms with van der Waals surface area (Å²) in [6.45, 7) is 2.05. The van der Waals surface area contributed by atoms with Crippen LogP contribution < -0.4 is 15.8 Å². The Bertz CT molecular complexity index is 1200. The highest BCUT2D eigenvalue weighted by Crippen LogP contribution is 2.37. The molecule has 33 heavy (non-hydrogen) atoms. The first-order valence-corrected chi connectivity index (χ1v) is 10.8. The van der Waals surface area contributed by atoms with Gasteiger partial charge in [-0.05, 0) is 44.5 Å². The maximum atomic E-state index is 14.6. The SMILES string of the molecule is COc1cc2ncnc(Nc3cccc(C)c3F)c2cc1CN(C)C1(C(N)=O)CCC(O)C1. The summed E-state index contributed by atoms with van der Waals surface area (Å²) in [5.74, 6) is 0.249. The summed E-state index contributed by atoms with van der Waals surface area (Å²) >= 11 is 0. The average molecular weight is 454 g/mol. The summed E-state index contributed by atoms with van der Waals surface area (Å²) in [6.07, 6.45) is 2.14. The molecule has 1 heterocycles. The normalized spacial score (nSPS) is 20.4. The van der Waals surface area contributed by atoms with Crippen LogP contribution in [0.15, 0.2) is 36.7 Å². The number of aliphatic hydroxyl groups excluding tert-OH is 1. The maximum absolute atomic E-state index is 14.6. The van der Waals surface area contributed by atoms with Gasteiger partial charge in [-0.25, -0.2) is 14.4 Å². The van der Waals surface area contributed by atoms with Gasteiger partial charge in [-0.15, -0.1) is 0 Å². The van der Waals surface area contributed by atoms with Gasteiger partial charge in [0.1, 0.15) is 29.3 Å². The van der Waals surface area contributed by atoms with Crippen LogP contribution in [0.25, 0.3) is 10.9 Å². The number of fused-ring (bicyclic) bond motifs is 1. The summed E-state index contributed by atoms with van der Waals surface area (Å²) in [4.78, 5) is 22.9. The van der Waals surface area contributed by atoms with E-state index in [0.29, 0.717) is 53.1 Å². The van der Waals surface area contributed by atoms with Gasteiger partial charge in [0.15, 0.2) is 0 Å². The number of ether oxygens (including phenoxy) is 1. The summed E-state index contributed by atoms with van der Waals surface area (Å²) in [7, 11) is 3.38. The third-order valence-electron chi connectivity index (χ3n) is 6.54. The van der Waals surface area contributed by atoms with Crippen LogP contribution in [0.2, 0.25) is 0 Å². The number of methoxy groups -OCH3 is 1. The number of primary amides is 1. The number of hydrogen-bond acceptors (Lipinski definition) is 7. The zero-order valence-electron chi connectivity index (χ0n) is 18.9. The zero-order valence-corrected chi connectivity index (χ0v) is 18.9. The number of halogens is 1. The van der Waals surface area contributed by atoms with Gasteiger partial charge >= 0.3 is 0 Å². The number of anilines is 2. The zero-order chi connectivity index (χ0) is 23.8. The fourth-order valence-electron chi connectivity index (χ4n) is 4.58. The van der Waals surface area contributed by atoms with Gasteiger partial charge in [0.2, 0.25) is 5.91 Å². The molecule has 4 rings (SSSR count).